The highest BCUT2D eigenvalue weighted by Gasteiger charge is 2.62. The van der Waals surface area contributed by atoms with E-state index < -0.39 is 0 Å². The zero-order valence-electron chi connectivity index (χ0n) is 16.7. The van der Waals surface area contributed by atoms with Gasteiger partial charge >= 0.3 is 0 Å². The Morgan fingerprint density at radius 1 is 1.19 bits per heavy atom. The zero-order valence-corrected chi connectivity index (χ0v) is 16.7. The van der Waals surface area contributed by atoms with E-state index in [1.165, 1.54) is 19.3 Å². The Bertz CT molecular complexity index is 896. The highest BCUT2D eigenvalue weighted by atomic mass is 16.3. The first-order valence-electron chi connectivity index (χ1n) is 10.4. The van der Waals surface area contributed by atoms with Crippen LogP contribution in [-0.4, -0.2) is 17.4 Å². The fourth-order valence-corrected chi connectivity index (χ4v) is 7.41. The maximum Gasteiger partial charge on any atom is 0.226 e. The van der Waals surface area contributed by atoms with E-state index in [2.05, 4.69) is 24.1 Å². The van der Waals surface area contributed by atoms with E-state index in [-0.39, 0.29) is 11.3 Å². The molecule has 27 heavy (non-hydrogen) atoms. The van der Waals surface area contributed by atoms with Crippen LogP contribution < -0.4 is 5.32 Å². The van der Waals surface area contributed by atoms with Gasteiger partial charge in [-0.15, -0.1) is 0 Å². The minimum absolute atomic E-state index is 0.138. The Balaban J connectivity index is 1.27. The summed E-state index contributed by atoms with van der Waals surface area (Å²) in [6, 6.07) is 5.99. The largest absolute Gasteiger partial charge is 0.441 e. The maximum absolute atomic E-state index is 13.2. The van der Waals surface area contributed by atoms with Gasteiger partial charge in [-0.05, 0) is 73.8 Å². The number of hydrogen-bond donors (Lipinski definition) is 1. The fourth-order valence-electron chi connectivity index (χ4n) is 7.41. The number of amides is 1. The Labute approximate surface area is 161 Å². The standard InChI is InChI=1S/C23H30N2O2/c1-15-5-4-6-17-19(15)25-18(27-17)7-8-24-20(26)23-11-16-9-21(2,13-23)12-22(3,10-16)14-23/h4-6,16H,7-14H2,1-3H3,(H,24,26). The van der Waals surface area contributed by atoms with Crippen molar-refractivity contribution >= 4 is 17.0 Å². The second kappa shape index (κ2) is 5.59. The zero-order chi connectivity index (χ0) is 18.9. The molecule has 1 N–H and O–H groups in total. The molecule has 1 heterocycles. The Hall–Kier alpha value is -1.84. The molecule has 4 aliphatic carbocycles. The third-order valence-electron chi connectivity index (χ3n) is 7.40. The molecule has 4 aliphatic rings. The summed E-state index contributed by atoms with van der Waals surface area (Å²) in [4.78, 5) is 17.8. The quantitative estimate of drug-likeness (QED) is 0.846. The van der Waals surface area contributed by atoms with Crippen LogP contribution in [0.15, 0.2) is 22.6 Å². The maximum atomic E-state index is 13.2. The van der Waals surface area contributed by atoms with Crippen LogP contribution in [0, 0.1) is 29.1 Å². The molecule has 0 radical (unpaired) electrons. The molecule has 4 fully saturated rings. The summed E-state index contributed by atoms with van der Waals surface area (Å²) in [6.45, 7) is 7.48. The number of rotatable bonds is 4. The van der Waals surface area contributed by atoms with Gasteiger partial charge in [-0.25, -0.2) is 4.98 Å². The summed E-state index contributed by atoms with van der Waals surface area (Å²) < 4.78 is 5.85. The van der Waals surface area contributed by atoms with Gasteiger partial charge in [0.05, 0.1) is 5.41 Å². The predicted octanol–water partition coefficient (Wildman–Crippen LogP) is 4.79. The first-order valence-corrected chi connectivity index (χ1v) is 10.4. The number of nitrogens with zero attached hydrogens (tertiary/aromatic N) is 1. The third kappa shape index (κ3) is 2.79. The number of fused-ring (bicyclic) bond motifs is 1. The Morgan fingerprint density at radius 3 is 2.59 bits per heavy atom. The first kappa shape index (κ1) is 17.3. The summed E-state index contributed by atoms with van der Waals surface area (Å²) in [5, 5.41) is 3.24. The van der Waals surface area contributed by atoms with Crippen molar-refractivity contribution in [2.24, 2.45) is 22.2 Å². The van der Waals surface area contributed by atoms with Crippen LogP contribution in [0.4, 0.5) is 0 Å². The van der Waals surface area contributed by atoms with Crippen molar-refractivity contribution in [3.05, 3.63) is 29.7 Å². The number of nitrogens with one attached hydrogen (secondary N) is 1. The molecule has 144 valence electrons. The summed E-state index contributed by atoms with van der Waals surface area (Å²) in [7, 11) is 0. The molecule has 2 unspecified atom stereocenters. The predicted molar refractivity (Wildman–Crippen MR) is 105 cm³/mol. The normalized spacial score (nSPS) is 37.1. The van der Waals surface area contributed by atoms with E-state index in [1.54, 1.807) is 0 Å². The minimum Gasteiger partial charge on any atom is -0.441 e. The van der Waals surface area contributed by atoms with Gasteiger partial charge in [-0.2, -0.15) is 0 Å². The number of carbonyl (C=O) groups is 1. The third-order valence-corrected chi connectivity index (χ3v) is 7.40. The van der Waals surface area contributed by atoms with Gasteiger partial charge < -0.3 is 9.73 Å². The second-order valence-electron chi connectivity index (χ2n) is 10.4. The van der Waals surface area contributed by atoms with E-state index in [9.17, 15) is 4.79 Å². The highest BCUT2D eigenvalue weighted by Crippen LogP contribution is 2.69. The molecule has 4 heteroatoms. The molecule has 1 aromatic carbocycles. The lowest BCUT2D eigenvalue weighted by molar-refractivity contribution is -0.170. The van der Waals surface area contributed by atoms with Gasteiger partial charge in [0.2, 0.25) is 5.91 Å². The SMILES string of the molecule is Cc1cccc2oc(CCNC(=O)C34CC5CC(C)(CC(C)(C5)C3)C4)nc12. The average Bonchev–Trinajstić information content (AvgIpc) is 2.95. The van der Waals surface area contributed by atoms with Crippen LogP contribution in [0.2, 0.25) is 0 Å². The molecule has 4 nitrogen and oxygen atoms in total. The van der Waals surface area contributed by atoms with Crippen LogP contribution in [0.3, 0.4) is 0 Å². The van der Waals surface area contributed by atoms with Crippen molar-refractivity contribution in [2.75, 3.05) is 6.54 Å². The van der Waals surface area contributed by atoms with Crippen LogP contribution in [0.25, 0.3) is 11.1 Å². The summed E-state index contributed by atoms with van der Waals surface area (Å²) in [5.74, 6) is 1.72. The molecule has 0 spiro atoms. The molecule has 6 rings (SSSR count). The number of aromatic nitrogens is 1. The van der Waals surface area contributed by atoms with Gasteiger partial charge in [-0.3, -0.25) is 4.79 Å². The molecule has 4 bridgehead atoms. The van der Waals surface area contributed by atoms with Crippen molar-refractivity contribution in [3.8, 4) is 0 Å². The van der Waals surface area contributed by atoms with E-state index >= 15 is 0 Å². The molecule has 2 atom stereocenters. The van der Waals surface area contributed by atoms with E-state index in [4.69, 9.17) is 4.42 Å². The summed E-state index contributed by atoms with van der Waals surface area (Å²) >= 11 is 0. The average molecular weight is 367 g/mol. The van der Waals surface area contributed by atoms with E-state index in [0.717, 1.165) is 41.8 Å². The van der Waals surface area contributed by atoms with Gasteiger partial charge in [-0.1, -0.05) is 26.0 Å². The van der Waals surface area contributed by atoms with Crippen molar-refractivity contribution in [3.63, 3.8) is 0 Å². The molecule has 1 amide bonds. The summed E-state index contributed by atoms with van der Waals surface area (Å²) in [6.07, 6.45) is 7.81. The number of hydrogen-bond acceptors (Lipinski definition) is 3. The molecular formula is C23H30N2O2. The van der Waals surface area contributed by atoms with Crippen LogP contribution in [0.1, 0.15) is 63.8 Å². The van der Waals surface area contributed by atoms with E-state index in [0.29, 0.717) is 29.7 Å². The van der Waals surface area contributed by atoms with E-state index in [1.807, 2.05) is 25.1 Å². The molecule has 0 saturated heterocycles. The number of carbonyl (C=O) groups excluding carboxylic acids is 1. The number of aryl methyl sites for hydroxylation is 1. The molecular weight excluding hydrogens is 336 g/mol. The first-order chi connectivity index (χ1) is 12.8. The van der Waals surface area contributed by atoms with Crippen LogP contribution in [0.5, 0.6) is 0 Å². The molecule has 0 aliphatic heterocycles. The lowest BCUT2D eigenvalue weighted by Gasteiger charge is -2.64. The minimum atomic E-state index is -0.138. The topological polar surface area (TPSA) is 55.1 Å². The van der Waals surface area contributed by atoms with Gasteiger partial charge in [0.15, 0.2) is 11.5 Å². The fraction of sp³-hybridized carbons (Fsp3) is 0.652. The second-order valence-corrected chi connectivity index (χ2v) is 10.4. The number of para-hydroxylation sites is 1. The van der Waals surface area contributed by atoms with Crippen molar-refractivity contribution in [2.45, 2.75) is 65.7 Å². The highest BCUT2D eigenvalue weighted by molar-refractivity contribution is 5.83. The molecule has 1 aromatic heterocycles. The lowest BCUT2D eigenvalue weighted by Crippen LogP contribution is -2.60. The summed E-state index contributed by atoms with van der Waals surface area (Å²) in [5.41, 5.74) is 3.48. The Kier molecular flexibility index (Phi) is 3.57. The number of benzene rings is 1. The lowest BCUT2D eigenvalue weighted by atomic mass is 9.40. The Morgan fingerprint density at radius 2 is 1.93 bits per heavy atom. The van der Waals surface area contributed by atoms with Gasteiger partial charge in [0.25, 0.3) is 0 Å². The monoisotopic (exact) mass is 366 g/mol. The van der Waals surface area contributed by atoms with Crippen LogP contribution >= 0.6 is 0 Å². The van der Waals surface area contributed by atoms with Crippen molar-refractivity contribution < 1.29 is 9.21 Å². The molecule has 4 saturated carbocycles. The molecule has 2 aromatic rings. The van der Waals surface area contributed by atoms with Gasteiger partial charge in [0, 0.05) is 13.0 Å². The smallest absolute Gasteiger partial charge is 0.226 e. The van der Waals surface area contributed by atoms with Crippen molar-refractivity contribution in [1.29, 1.82) is 0 Å². The van der Waals surface area contributed by atoms with Crippen LogP contribution in [-0.2, 0) is 11.2 Å². The van der Waals surface area contributed by atoms with Gasteiger partial charge in [0.1, 0.15) is 5.52 Å². The number of oxazole rings is 1. The van der Waals surface area contributed by atoms with Crippen molar-refractivity contribution in [1.82, 2.24) is 10.3 Å².